The summed E-state index contributed by atoms with van der Waals surface area (Å²) in [4.78, 5) is 22.3. The van der Waals surface area contributed by atoms with E-state index < -0.39 is 5.97 Å². The molecule has 1 aromatic rings. The second kappa shape index (κ2) is 7.28. The maximum Gasteiger partial charge on any atom is 0.303 e. The third-order valence-corrected chi connectivity index (χ3v) is 3.33. The largest absolute Gasteiger partial charge is 0.481 e. The van der Waals surface area contributed by atoms with Crippen molar-refractivity contribution in [3.05, 3.63) is 34.3 Å². The predicted octanol–water partition coefficient (Wildman–Crippen LogP) is 3.13. The first-order valence-electron chi connectivity index (χ1n) is 6.15. The predicted molar refractivity (Wildman–Crippen MR) is 76.7 cm³/mol. The number of rotatable bonds is 6. The molecule has 0 fully saturated rings. The first-order chi connectivity index (χ1) is 8.88. The number of hydrogen-bond donors (Lipinski definition) is 2. The van der Waals surface area contributed by atoms with Crippen LogP contribution in [-0.2, 0) is 9.59 Å². The molecule has 0 saturated heterocycles. The zero-order valence-electron chi connectivity index (χ0n) is 11.0. The summed E-state index contributed by atoms with van der Waals surface area (Å²) >= 11 is 3.36. The molecule has 1 amide bonds. The van der Waals surface area contributed by atoms with Crippen LogP contribution in [0.3, 0.4) is 0 Å². The molecule has 0 heterocycles. The van der Waals surface area contributed by atoms with Gasteiger partial charge in [-0.05, 0) is 30.5 Å². The number of amides is 1. The van der Waals surface area contributed by atoms with Gasteiger partial charge in [-0.15, -0.1) is 0 Å². The molecule has 1 aromatic carbocycles. The van der Waals surface area contributed by atoms with Crippen LogP contribution in [0.25, 0.3) is 0 Å². The number of carbonyl (C=O) groups is 2. The summed E-state index contributed by atoms with van der Waals surface area (Å²) in [5, 5.41) is 11.5. The minimum Gasteiger partial charge on any atom is -0.481 e. The summed E-state index contributed by atoms with van der Waals surface area (Å²) < 4.78 is 0.991. The van der Waals surface area contributed by atoms with Crippen molar-refractivity contribution in [2.75, 3.05) is 0 Å². The summed E-state index contributed by atoms with van der Waals surface area (Å²) in [5.41, 5.74) is 1.02. The fourth-order valence-corrected chi connectivity index (χ4v) is 2.09. The van der Waals surface area contributed by atoms with Gasteiger partial charge in [-0.25, -0.2) is 0 Å². The van der Waals surface area contributed by atoms with E-state index in [0.717, 1.165) is 10.0 Å². The Labute approximate surface area is 121 Å². The third-order valence-electron chi connectivity index (χ3n) is 2.80. The van der Waals surface area contributed by atoms with Crippen molar-refractivity contribution in [2.45, 2.75) is 32.7 Å². The van der Waals surface area contributed by atoms with Crippen LogP contribution in [-0.4, -0.2) is 17.0 Å². The van der Waals surface area contributed by atoms with E-state index in [1.54, 1.807) is 6.92 Å². The van der Waals surface area contributed by atoms with Crippen molar-refractivity contribution in [3.63, 3.8) is 0 Å². The number of carbonyl (C=O) groups excluding carboxylic acids is 1. The van der Waals surface area contributed by atoms with Crippen molar-refractivity contribution >= 4 is 27.8 Å². The molecule has 0 spiro atoms. The molecule has 2 atom stereocenters. The van der Waals surface area contributed by atoms with E-state index >= 15 is 0 Å². The summed E-state index contributed by atoms with van der Waals surface area (Å²) in [7, 11) is 0. The Balaban J connectivity index is 2.47. The lowest BCUT2D eigenvalue weighted by atomic mass is 10.0. The first kappa shape index (κ1) is 15.7. The molecule has 1 rings (SSSR count). The fraction of sp³-hybridized carbons (Fsp3) is 0.429. The Kier molecular flexibility index (Phi) is 6.02. The van der Waals surface area contributed by atoms with Crippen LogP contribution in [0.15, 0.2) is 28.7 Å². The molecule has 0 aliphatic heterocycles. The lowest BCUT2D eigenvalue weighted by Gasteiger charge is -2.16. The maximum absolute atomic E-state index is 11.8. The Bertz CT molecular complexity index is 445. The van der Waals surface area contributed by atoms with E-state index in [1.807, 2.05) is 31.2 Å². The van der Waals surface area contributed by atoms with Crippen LogP contribution < -0.4 is 5.32 Å². The normalized spacial score (nSPS) is 13.6. The van der Waals surface area contributed by atoms with Crippen molar-refractivity contribution in [1.29, 1.82) is 0 Å². The molecular weight excluding hydrogens is 310 g/mol. The van der Waals surface area contributed by atoms with Gasteiger partial charge in [0.05, 0.1) is 6.04 Å². The molecule has 0 radical (unpaired) electrons. The minimum atomic E-state index is -0.874. The number of hydrogen-bond acceptors (Lipinski definition) is 2. The Morgan fingerprint density at radius 1 is 1.21 bits per heavy atom. The van der Waals surface area contributed by atoms with E-state index in [2.05, 4.69) is 21.2 Å². The van der Waals surface area contributed by atoms with Crippen LogP contribution in [0.1, 0.15) is 38.3 Å². The molecule has 0 aliphatic carbocycles. The van der Waals surface area contributed by atoms with Gasteiger partial charge in [-0.3, -0.25) is 9.59 Å². The molecule has 2 N–H and O–H groups in total. The van der Waals surface area contributed by atoms with Gasteiger partial charge in [0.15, 0.2) is 0 Å². The summed E-state index contributed by atoms with van der Waals surface area (Å²) in [6.07, 6.45) is 0.243. The molecule has 4 nitrogen and oxygen atoms in total. The fourth-order valence-electron chi connectivity index (χ4n) is 1.82. The van der Waals surface area contributed by atoms with Crippen LogP contribution in [0.5, 0.6) is 0 Å². The number of nitrogens with one attached hydrogen (secondary N) is 1. The molecule has 2 unspecified atom stereocenters. The van der Waals surface area contributed by atoms with Gasteiger partial charge in [-0.1, -0.05) is 35.0 Å². The van der Waals surface area contributed by atoms with E-state index in [0.29, 0.717) is 0 Å². The number of aliphatic carboxylic acids is 1. The highest BCUT2D eigenvalue weighted by Gasteiger charge is 2.15. The zero-order chi connectivity index (χ0) is 14.4. The first-order valence-corrected chi connectivity index (χ1v) is 6.94. The third kappa shape index (κ3) is 5.87. The standard InChI is InChI=1S/C14H18BrNO3/c1-9(8-14(18)19)7-13(17)16-10(2)11-3-5-12(15)6-4-11/h3-6,9-10H,7-8H2,1-2H3,(H,16,17)(H,18,19). The molecule has 19 heavy (non-hydrogen) atoms. The Morgan fingerprint density at radius 3 is 2.32 bits per heavy atom. The number of carboxylic acid groups (broad SMARTS) is 1. The van der Waals surface area contributed by atoms with Crippen LogP contribution in [0.2, 0.25) is 0 Å². The van der Waals surface area contributed by atoms with Gasteiger partial charge >= 0.3 is 5.97 Å². The van der Waals surface area contributed by atoms with Crippen LogP contribution in [0.4, 0.5) is 0 Å². The highest BCUT2D eigenvalue weighted by molar-refractivity contribution is 9.10. The average molecular weight is 328 g/mol. The molecule has 0 bridgehead atoms. The Hall–Kier alpha value is -1.36. The van der Waals surface area contributed by atoms with Crippen molar-refractivity contribution in [3.8, 4) is 0 Å². The van der Waals surface area contributed by atoms with Gasteiger partial charge in [0.2, 0.25) is 5.91 Å². The van der Waals surface area contributed by atoms with Crippen molar-refractivity contribution < 1.29 is 14.7 Å². The topological polar surface area (TPSA) is 66.4 Å². The van der Waals surface area contributed by atoms with E-state index in [-0.39, 0.29) is 30.7 Å². The second-order valence-electron chi connectivity index (χ2n) is 4.75. The quantitative estimate of drug-likeness (QED) is 0.843. The number of benzene rings is 1. The SMILES string of the molecule is CC(CC(=O)O)CC(=O)NC(C)c1ccc(Br)cc1. The lowest BCUT2D eigenvalue weighted by molar-refractivity contribution is -0.138. The van der Waals surface area contributed by atoms with Crippen LogP contribution in [0, 0.1) is 5.92 Å². The molecular formula is C14H18BrNO3. The lowest BCUT2D eigenvalue weighted by Crippen LogP contribution is -2.28. The average Bonchev–Trinajstić information content (AvgIpc) is 2.27. The number of carboxylic acids is 1. The summed E-state index contributed by atoms with van der Waals surface area (Å²) in [6.45, 7) is 3.67. The second-order valence-corrected chi connectivity index (χ2v) is 5.66. The highest BCUT2D eigenvalue weighted by atomic mass is 79.9. The zero-order valence-corrected chi connectivity index (χ0v) is 12.6. The van der Waals surface area contributed by atoms with E-state index in [4.69, 9.17) is 5.11 Å². The van der Waals surface area contributed by atoms with Crippen molar-refractivity contribution in [2.24, 2.45) is 5.92 Å². The highest BCUT2D eigenvalue weighted by Crippen LogP contribution is 2.17. The van der Waals surface area contributed by atoms with Gasteiger partial charge in [0.1, 0.15) is 0 Å². The van der Waals surface area contributed by atoms with Crippen molar-refractivity contribution in [1.82, 2.24) is 5.32 Å². The molecule has 0 saturated carbocycles. The molecule has 0 aliphatic rings. The van der Waals surface area contributed by atoms with Crippen LogP contribution >= 0.6 is 15.9 Å². The van der Waals surface area contributed by atoms with E-state index in [1.165, 1.54) is 0 Å². The molecule has 0 aromatic heterocycles. The maximum atomic E-state index is 11.8. The summed E-state index contributed by atoms with van der Waals surface area (Å²) in [5.74, 6) is -1.15. The monoisotopic (exact) mass is 327 g/mol. The van der Waals surface area contributed by atoms with Gasteiger partial charge < -0.3 is 10.4 Å². The van der Waals surface area contributed by atoms with Gasteiger partial charge in [-0.2, -0.15) is 0 Å². The van der Waals surface area contributed by atoms with E-state index in [9.17, 15) is 9.59 Å². The Morgan fingerprint density at radius 2 is 1.79 bits per heavy atom. The van der Waals surface area contributed by atoms with Gasteiger partial charge in [0.25, 0.3) is 0 Å². The minimum absolute atomic E-state index is 0.0140. The number of halogens is 1. The van der Waals surface area contributed by atoms with Gasteiger partial charge in [0, 0.05) is 17.3 Å². The molecule has 5 heteroatoms. The smallest absolute Gasteiger partial charge is 0.303 e. The molecule has 104 valence electrons. The summed E-state index contributed by atoms with van der Waals surface area (Å²) in [6, 6.07) is 7.64.